The minimum absolute atomic E-state index is 0.0823. The number of carboxylic acid groups (broad SMARTS) is 1. The molecule has 2 aromatic rings. The third-order valence-corrected chi connectivity index (χ3v) is 27.5. The highest BCUT2D eigenvalue weighted by molar-refractivity contribution is 5.90. The normalized spacial score (nSPS) is 50.3. The van der Waals surface area contributed by atoms with Crippen molar-refractivity contribution < 1.29 is 158 Å². The highest BCUT2D eigenvalue weighted by atomic mass is 16.8. The Hall–Kier alpha value is -4.45. The molecule has 2 bridgehead atoms. The molecule has 604 valence electrons. The molecule has 12 unspecified atom stereocenters. The average molecular weight is 1530 g/mol. The van der Waals surface area contributed by atoms with Crippen LogP contribution in [0.15, 0.2) is 66.7 Å². The Balaban J connectivity index is 0.808. The van der Waals surface area contributed by atoms with Crippen molar-refractivity contribution in [3.05, 3.63) is 77.9 Å². The van der Waals surface area contributed by atoms with E-state index in [1.165, 1.54) is 19.9 Å². The SMILES string of the molecule is C[C@@H]1OC(OC2C(OC3C(O[C@@H]4C(OC5O[C@H](CO)[C@H](O)[C@H](O)[C@H]5O)[C@H](O[C@H]5CC[C@@]6(C)C(CC[C@]7(C)C6CCC68OC(O)[C@]9(C6CC(C)(C)[C@@H](OC(=O)c6ccccc6)[C@@H]9OC(=O)/C=C/c6ccccc6)[C@H](O)C[C@]87C)C5(C)C)O[C@H](C(=O)O)[C@H]4O)O[C@@H](CO)[C@@H](O)[C@H]3O)O[C@H](C)[C@@H](O)[C@@H]2O)[C@H](O)[C@H](O)[C@H]1O. The van der Waals surface area contributed by atoms with Crippen LogP contribution in [0, 0.1) is 50.2 Å². The van der Waals surface area contributed by atoms with Crippen molar-refractivity contribution in [3.8, 4) is 0 Å². The molecular formula is C76H108O32. The molecule has 0 radical (unpaired) electrons. The van der Waals surface area contributed by atoms with Crippen LogP contribution in [0.4, 0.5) is 0 Å². The predicted octanol–water partition coefficient (Wildman–Crippen LogP) is -0.990. The van der Waals surface area contributed by atoms with Crippen LogP contribution in [0.25, 0.3) is 6.08 Å². The molecule has 32 nitrogen and oxygen atoms in total. The molecule has 5 aliphatic carbocycles. The zero-order valence-electron chi connectivity index (χ0n) is 61.7. The molecule has 32 heteroatoms. The van der Waals surface area contributed by atoms with Crippen LogP contribution < -0.4 is 0 Å². The van der Waals surface area contributed by atoms with Gasteiger partial charge in [0.25, 0.3) is 0 Å². The molecule has 11 aliphatic rings. The molecule has 16 N–H and O–H groups in total. The first-order valence-corrected chi connectivity index (χ1v) is 37.6. The largest absolute Gasteiger partial charge is 0.479 e. The van der Waals surface area contributed by atoms with Crippen molar-refractivity contribution in [1.82, 2.24) is 0 Å². The van der Waals surface area contributed by atoms with E-state index in [9.17, 15) is 96.1 Å². The maximum absolute atomic E-state index is 14.4. The van der Waals surface area contributed by atoms with Gasteiger partial charge in [-0.1, -0.05) is 97.0 Å². The summed E-state index contributed by atoms with van der Waals surface area (Å²) in [6.07, 6.45) is -49.2. The molecule has 0 amide bonds. The van der Waals surface area contributed by atoms with Gasteiger partial charge < -0.3 is 143 Å². The number of benzene rings is 2. The van der Waals surface area contributed by atoms with E-state index >= 15 is 0 Å². The summed E-state index contributed by atoms with van der Waals surface area (Å²) in [4.78, 5) is 42.2. The number of esters is 2. The monoisotopic (exact) mass is 1530 g/mol. The number of fused-ring (bicyclic) bond motifs is 4. The first kappa shape index (κ1) is 81.6. The fourth-order valence-electron chi connectivity index (χ4n) is 21.6. The van der Waals surface area contributed by atoms with Crippen LogP contribution in [0.3, 0.4) is 0 Å². The Morgan fingerprint density at radius 1 is 0.500 bits per heavy atom. The van der Waals surface area contributed by atoms with E-state index < -0.39 is 259 Å². The van der Waals surface area contributed by atoms with Crippen LogP contribution in [-0.4, -0.2) is 303 Å². The molecule has 108 heavy (non-hydrogen) atoms. The second kappa shape index (κ2) is 30.4. The van der Waals surface area contributed by atoms with E-state index in [1.807, 2.05) is 58.0 Å². The zero-order chi connectivity index (χ0) is 78.2. The van der Waals surface area contributed by atoms with E-state index in [1.54, 1.807) is 36.4 Å². The van der Waals surface area contributed by atoms with E-state index in [-0.39, 0.29) is 36.7 Å². The van der Waals surface area contributed by atoms with Gasteiger partial charge in [0.1, 0.15) is 110 Å². The quantitative estimate of drug-likeness (QED) is 0.0484. The third kappa shape index (κ3) is 13.3. The number of aliphatic hydroxyl groups is 15. The number of aliphatic hydroxyl groups excluding tert-OH is 15. The molecule has 1 spiro atoms. The third-order valence-electron chi connectivity index (χ3n) is 27.5. The predicted molar refractivity (Wildman–Crippen MR) is 365 cm³/mol. The number of carbonyl (C=O) groups is 3. The van der Waals surface area contributed by atoms with Crippen molar-refractivity contribution >= 4 is 24.0 Å². The Bertz CT molecular complexity index is 3520. The molecule has 11 fully saturated rings. The van der Waals surface area contributed by atoms with Crippen molar-refractivity contribution in [2.75, 3.05) is 13.2 Å². The van der Waals surface area contributed by atoms with Gasteiger partial charge in [-0.25, -0.2) is 14.4 Å². The van der Waals surface area contributed by atoms with Crippen molar-refractivity contribution in [2.45, 2.75) is 304 Å². The summed E-state index contributed by atoms with van der Waals surface area (Å²) in [7, 11) is 0. The number of carbonyl (C=O) groups excluding carboxylic acids is 2. The first-order valence-electron chi connectivity index (χ1n) is 37.6. The maximum Gasteiger partial charge on any atom is 0.338 e. The zero-order valence-corrected chi connectivity index (χ0v) is 61.7. The van der Waals surface area contributed by atoms with Gasteiger partial charge in [-0.2, -0.15) is 0 Å². The number of aliphatic carboxylic acids is 1. The fourth-order valence-corrected chi connectivity index (χ4v) is 21.6. The summed E-state index contributed by atoms with van der Waals surface area (Å²) < 4.78 is 82.4. The van der Waals surface area contributed by atoms with Gasteiger partial charge in [-0.05, 0) is 117 Å². The molecule has 0 aromatic heterocycles. The molecule has 5 saturated carbocycles. The lowest BCUT2D eigenvalue weighted by Crippen LogP contribution is -2.77. The van der Waals surface area contributed by atoms with Crippen LogP contribution >= 0.6 is 0 Å². The molecule has 6 heterocycles. The van der Waals surface area contributed by atoms with E-state index in [0.717, 1.165) is 0 Å². The summed E-state index contributed by atoms with van der Waals surface area (Å²) in [5.41, 5.74) is -5.88. The summed E-state index contributed by atoms with van der Waals surface area (Å²) >= 11 is 0. The van der Waals surface area contributed by atoms with Crippen molar-refractivity contribution in [1.29, 1.82) is 0 Å². The van der Waals surface area contributed by atoms with E-state index in [2.05, 4.69) is 20.8 Å². The van der Waals surface area contributed by atoms with Gasteiger partial charge in [0.15, 0.2) is 49.9 Å². The van der Waals surface area contributed by atoms with Gasteiger partial charge in [0, 0.05) is 22.8 Å². The summed E-state index contributed by atoms with van der Waals surface area (Å²) in [5, 5.41) is 183. The van der Waals surface area contributed by atoms with Crippen molar-refractivity contribution in [2.24, 2.45) is 50.2 Å². The van der Waals surface area contributed by atoms with Gasteiger partial charge in [-0.3, -0.25) is 0 Å². The van der Waals surface area contributed by atoms with Crippen LogP contribution in [0.5, 0.6) is 0 Å². The minimum Gasteiger partial charge on any atom is -0.479 e. The second-order valence-electron chi connectivity index (χ2n) is 34.0. The molecule has 6 aliphatic heterocycles. The molecule has 13 rings (SSSR count). The second-order valence-corrected chi connectivity index (χ2v) is 34.0. The number of hydrogen-bond donors (Lipinski definition) is 16. The Kier molecular flexibility index (Phi) is 22.9. The molecule has 2 aromatic carbocycles. The van der Waals surface area contributed by atoms with Crippen LogP contribution in [0.1, 0.15) is 130 Å². The van der Waals surface area contributed by atoms with Crippen LogP contribution in [-0.2, 0) is 71.2 Å². The van der Waals surface area contributed by atoms with E-state index in [4.69, 9.17) is 61.6 Å². The van der Waals surface area contributed by atoms with Gasteiger partial charge >= 0.3 is 17.9 Å². The molecule has 38 atom stereocenters. The lowest BCUT2D eigenvalue weighted by molar-refractivity contribution is -0.412. The molecule has 6 saturated heterocycles. The number of rotatable bonds is 18. The summed E-state index contributed by atoms with van der Waals surface area (Å²) in [5.74, 6) is -4.27. The molecular weight excluding hydrogens is 1420 g/mol. The standard InChI is InChI=1S/C76H108O32/c1-32-44(81)48(85)52(89)64(96-32)104-57-50(87)45(82)33(2)97-66(57)105-58-51(88)47(84)37(31-78)99-67(58)102-55-54(91)56(62(92)93)103-68(59(55)106-65-53(90)49(86)46(83)36(30-77)98-65)100-42-24-25-72(7)38(71(42,5)6)22-26-73(8)39(72)23-27-75-40-28-70(3,4)60(107-63(94)35-18-14-11-15-19-35)61(101-43(80)21-20-34-16-12-10-13-17-34)76(40,69(95)108-75)41(79)29-74(73,75)9/h10-21,32-33,36-42,44-61,64-69,77-79,81-91,95H,22-31H2,1-9H3,(H,92,93)/b21-20+/t32-,33+,36+,37-,38?,39?,40?,41+,42-,44-,45+,46-,47+,48+,49-,50-,51+,52+,53+,54-,55-,56-,57?,58?,59?,60-,61-,64?,65?,66?,67?,68+,69?,72-,73+,74-,75?,76+/m0/s1. The first-order chi connectivity index (χ1) is 50.9. The van der Waals surface area contributed by atoms with Gasteiger partial charge in [0.05, 0.1) is 54.2 Å². The van der Waals surface area contributed by atoms with Gasteiger partial charge in [0.2, 0.25) is 0 Å². The highest BCUT2D eigenvalue weighted by Gasteiger charge is 2.86. The lowest BCUT2D eigenvalue weighted by Gasteiger charge is -2.75. The van der Waals surface area contributed by atoms with Crippen LogP contribution in [0.2, 0.25) is 0 Å². The Labute approximate surface area is 624 Å². The fraction of sp³-hybridized carbons (Fsp3) is 0.776. The smallest absolute Gasteiger partial charge is 0.338 e. The summed E-state index contributed by atoms with van der Waals surface area (Å²) in [6.45, 7) is 15.1. The maximum atomic E-state index is 14.4. The Morgan fingerprint density at radius 3 is 1.65 bits per heavy atom. The van der Waals surface area contributed by atoms with Crippen molar-refractivity contribution in [3.63, 3.8) is 0 Å². The summed E-state index contributed by atoms with van der Waals surface area (Å²) in [6, 6.07) is 17.5. The number of ether oxygens (including phenoxy) is 13. The topological polar surface area (TPSA) is 495 Å². The lowest BCUT2D eigenvalue weighted by atomic mass is 9.30. The van der Waals surface area contributed by atoms with Gasteiger partial charge in [-0.15, -0.1) is 0 Å². The number of hydrogen-bond acceptors (Lipinski definition) is 31. The minimum atomic E-state index is -2.38. The average Bonchev–Trinajstić information content (AvgIpc) is 1.42. The number of carboxylic acids is 1. The Morgan fingerprint density at radius 2 is 1.02 bits per heavy atom. The van der Waals surface area contributed by atoms with E-state index in [0.29, 0.717) is 37.7 Å². The highest BCUT2D eigenvalue weighted by Crippen LogP contribution is 2.82.